The number of piperazine rings is 1. The van der Waals surface area contributed by atoms with E-state index in [1.54, 1.807) is 18.6 Å². The normalized spacial score (nSPS) is 15.5. The van der Waals surface area contributed by atoms with Gasteiger partial charge in [-0.1, -0.05) is 23.2 Å². The van der Waals surface area contributed by atoms with Gasteiger partial charge in [-0.3, -0.25) is 4.98 Å². The third-order valence-corrected chi connectivity index (χ3v) is 4.16. The van der Waals surface area contributed by atoms with Gasteiger partial charge in [0.05, 0.1) is 16.2 Å². The number of aromatic nitrogens is 2. The van der Waals surface area contributed by atoms with Crippen LogP contribution in [0.3, 0.4) is 0 Å². The fraction of sp³-hybridized carbons (Fsp3) is 0.286. The lowest BCUT2D eigenvalue weighted by molar-refractivity contribution is 0.646. The third-order valence-electron chi connectivity index (χ3n) is 3.42. The highest BCUT2D eigenvalue weighted by molar-refractivity contribution is 6.42. The molecule has 2 heterocycles. The Labute approximate surface area is 128 Å². The fourth-order valence-electron chi connectivity index (χ4n) is 2.33. The number of benzene rings is 1. The Balaban J connectivity index is 1.68. The molecule has 0 spiro atoms. The van der Waals surface area contributed by atoms with Crippen LogP contribution in [0.2, 0.25) is 10.0 Å². The first-order chi connectivity index (χ1) is 9.74. The van der Waals surface area contributed by atoms with Gasteiger partial charge in [-0.2, -0.15) is 0 Å². The summed E-state index contributed by atoms with van der Waals surface area (Å²) < 4.78 is 0. The number of hydrogen-bond acceptors (Lipinski definition) is 4. The second-order valence-corrected chi connectivity index (χ2v) is 5.45. The first-order valence-corrected chi connectivity index (χ1v) is 7.20. The average molecular weight is 309 g/mol. The average Bonchev–Trinajstić information content (AvgIpc) is 2.51. The molecule has 1 aromatic heterocycles. The van der Waals surface area contributed by atoms with Crippen molar-refractivity contribution >= 4 is 34.7 Å². The molecule has 1 aliphatic heterocycles. The molecular formula is C14H14Cl2N4. The highest BCUT2D eigenvalue weighted by Crippen LogP contribution is 2.28. The molecule has 0 radical (unpaired) electrons. The minimum atomic E-state index is 0.591. The zero-order valence-corrected chi connectivity index (χ0v) is 12.3. The Hall–Kier alpha value is -1.52. The predicted molar refractivity (Wildman–Crippen MR) is 82.9 cm³/mol. The topological polar surface area (TPSA) is 32.3 Å². The highest BCUT2D eigenvalue weighted by Gasteiger charge is 2.18. The van der Waals surface area contributed by atoms with E-state index in [0.29, 0.717) is 10.0 Å². The number of nitrogens with zero attached hydrogens (tertiary/aromatic N) is 4. The van der Waals surface area contributed by atoms with Gasteiger partial charge in [-0.05, 0) is 18.2 Å². The molecule has 0 bridgehead atoms. The second-order valence-electron chi connectivity index (χ2n) is 4.64. The Morgan fingerprint density at radius 1 is 0.900 bits per heavy atom. The Morgan fingerprint density at radius 3 is 2.30 bits per heavy atom. The van der Waals surface area contributed by atoms with Gasteiger partial charge in [0.15, 0.2) is 0 Å². The molecule has 1 saturated heterocycles. The maximum atomic E-state index is 6.07. The quantitative estimate of drug-likeness (QED) is 0.853. The minimum absolute atomic E-state index is 0.591. The molecule has 0 aliphatic carbocycles. The van der Waals surface area contributed by atoms with Gasteiger partial charge in [-0.25, -0.2) is 4.98 Å². The first-order valence-electron chi connectivity index (χ1n) is 6.45. The van der Waals surface area contributed by atoms with Gasteiger partial charge in [0, 0.05) is 44.3 Å². The van der Waals surface area contributed by atoms with Crippen LogP contribution in [-0.2, 0) is 0 Å². The molecule has 104 valence electrons. The van der Waals surface area contributed by atoms with Crippen molar-refractivity contribution < 1.29 is 0 Å². The molecule has 0 amide bonds. The van der Waals surface area contributed by atoms with Crippen LogP contribution in [0.25, 0.3) is 0 Å². The SMILES string of the molecule is Clc1ccc(N2CCN(c3cnccn3)CC2)cc1Cl. The molecule has 6 heteroatoms. The van der Waals surface area contributed by atoms with E-state index < -0.39 is 0 Å². The molecule has 20 heavy (non-hydrogen) atoms. The first kappa shape index (κ1) is 13.5. The lowest BCUT2D eigenvalue weighted by atomic mass is 10.2. The smallest absolute Gasteiger partial charge is 0.147 e. The van der Waals surface area contributed by atoms with Crippen LogP contribution in [0.15, 0.2) is 36.8 Å². The number of rotatable bonds is 2. The van der Waals surface area contributed by atoms with Crippen molar-refractivity contribution in [2.24, 2.45) is 0 Å². The minimum Gasteiger partial charge on any atom is -0.368 e. The van der Waals surface area contributed by atoms with E-state index in [4.69, 9.17) is 23.2 Å². The number of anilines is 2. The number of halogens is 2. The lowest BCUT2D eigenvalue weighted by Gasteiger charge is -2.36. The summed E-state index contributed by atoms with van der Waals surface area (Å²) in [6.45, 7) is 3.68. The predicted octanol–water partition coefficient (Wildman–Crippen LogP) is 3.11. The molecule has 0 atom stereocenters. The van der Waals surface area contributed by atoms with Crippen molar-refractivity contribution in [3.63, 3.8) is 0 Å². The maximum Gasteiger partial charge on any atom is 0.147 e. The molecule has 1 aromatic carbocycles. The monoisotopic (exact) mass is 308 g/mol. The van der Waals surface area contributed by atoms with Gasteiger partial charge >= 0.3 is 0 Å². The Morgan fingerprint density at radius 2 is 1.65 bits per heavy atom. The van der Waals surface area contributed by atoms with Crippen molar-refractivity contribution in [3.05, 3.63) is 46.8 Å². The summed E-state index contributed by atoms with van der Waals surface area (Å²) in [5.41, 5.74) is 1.11. The summed E-state index contributed by atoms with van der Waals surface area (Å²) in [4.78, 5) is 13.0. The number of hydrogen-bond donors (Lipinski definition) is 0. The fourth-order valence-corrected chi connectivity index (χ4v) is 2.62. The maximum absolute atomic E-state index is 6.07. The van der Waals surface area contributed by atoms with Crippen LogP contribution in [0.1, 0.15) is 0 Å². The summed E-state index contributed by atoms with van der Waals surface area (Å²) in [7, 11) is 0. The molecule has 1 aliphatic rings. The van der Waals surface area contributed by atoms with Crippen LogP contribution in [-0.4, -0.2) is 36.1 Å². The third kappa shape index (κ3) is 2.81. The van der Waals surface area contributed by atoms with Crippen molar-refractivity contribution in [3.8, 4) is 0 Å². The van der Waals surface area contributed by atoms with E-state index in [1.807, 2.05) is 18.2 Å². The van der Waals surface area contributed by atoms with Crippen molar-refractivity contribution in [2.45, 2.75) is 0 Å². The Bertz CT molecular complexity index is 583. The second kappa shape index (κ2) is 5.85. The van der Waals surface area contributed by atoms with E-state index in [2.05, 4.69) is 19.8 Å². The zero-order valence-electron chi connectivity index (χ0n) is 10.8. The van der Waals surface area contributed by atoms with Crippen LogP contribution in [0.5, 0.6) is 0 Å². The summed E-state index contributed by atoms with van der Waals surface area (Å²) >= 11 is 12.0. The van der Waals surface area contributed by atoms with Gasteiger partial charge in [-0.15, -0.1) is 0 Å². The molecule has 3 rings (SSSR count). The van der Waals surface area contributed by atoms with E-state index >= 15 is 0 Å². The lowest BCUT2D eigenvalue weighted by Crippen LogP contribution is -2.46. The van der Waals surface area contributed by atoms with Gasteiger partial charge in [0.1, 0.15) is 5.82 Å². The summed E-state index contributed by atoms with van der Waals surface area (Å²) in [6, 6.07) is 5.77. The summed E-state index contributed by atoms with van der Waals surface area (Å²) in [5.74, 6) is 0.932. The van der Waals surface area contributed by atoms with Crippen LogP contribution in [0.4, 0.5) is 11.5 Å². The highest BCUT2D eigenvalue weighted by atomic mass is 35.5. The molecule has 4 nitrogen and oxygen atoms in total. The summed E-state index contributed by atoms with van der Waals surface area (Å²) in [6.07, 6.45) is 5.21. The van der Waals surface area contributed by atoms with Crippen molar-refractivity contribution in [1.29, 1.82) is 0 Å². The van der Waals surface area contributed by atoms with E-state index in [0.717, 1.165) is 37.7 Å². The molecule has 1 fully saturated rings. The van der Waals surface area contributed by atoms with Gasteiger partial charge in [0.2, 0.25) is 0 Å². The zero-order chi connectivity index (χ0) is 13.9. The molecule has 0 unspecified atom stereocenters. The van der Waals surface area contributed by atoms with E-state index in [1.165, 1.54) is 0 Å². The van der Waals surface area contributed by atoms with Crippen LogP contribution < -0.4 is 9.80 Å². The molecular weight excluding hydrogens is 295 g/mol. The van der Waals surface area contributed by atoms with Gasteiger partial charge < -0.3 is 9.80 Å². The standard InChI is InChI=1S/C14H14Cl2N4/c15-12-2-1-11(9-13(12)16)19-5-7-20(8-6-19)14-10-17-3-4-18-14/h1-4,9-10H,5-8H2. The molecule has 0 N–H and O–H groups in total. The van der Waals surface area contributed by atoms with Gasteiger partial charge in [0.25, 0.3) is 0 Å². The largest absolute Gasteiger partial charge is 0.368 e. The molecule has 0 saturated carbocycles. The van der Waals surface area contributed by atoms with E-state index in [-0.39, 0.29) is 0 Å². The van der Waals surface area contributed by atoms with Crippen molar-refractivity contribution in [2.75, 3.05) is 36.0 Å². The van der Waals surface area contributed by atoms with Crippen molar-refractivity contribution in [1.82, 2.24) is 9.97 Å². The van der Waals surface area contributed by atoms with Crippen LogP contribution >= 0.6 is 23.2 Å². The molecule has 2 aromatic rings. The van der Waals surface area contributed by atoms with E-state index in [9.17, 15) is 0 Å². The summed E-state index contributed by atoms with van der Waals surface area (Å²) in [5, 5.41) is 1.19. The van der Waals surface area contributed by atoms with Crippen LogP contribution in [0, 0.1) is 0 Å². The Kier molecular flexibility index (Phi) is 3.94.